The summed E-state index contributed by atoms with van der Waals surface area (Å²) < 4.78 is 23.0. The van der Waals surface area contributed by atoms with Crippen LogP contribution < -0.4 is 10.1 Å². The molecule has 0 saturated heterocycles. The first-order chi connectivity index (χ1) is 9.71. The van der Waals surface area contributed by atoms with Crippen molar-refractivity contribution in [3.63, 3.8) is 0 Å². The first-order valence-electron chi connectivity index (χ1n) is 6.59. The Morgan fingerprint density at radius 1 is 1.40 bits per heavy atom. The van der Waals surface area contributed by atoms with Gasteiger partial charge in [0.25, 0.3) is 0 Å². The molecule has 20 heavy (non-hydrogen) atoms. The molecule has 0 radical (unpaired) electrons. The average molecular weight is 295 g/mol. The van der Waals surface area contributed by atoms with Crippen LogP contribution in [-0.2, 0) is 6.42 Å². The fraction of sp³-hybridized carbons (Fsp3) is 0.429. The number of rotatable bonds is 6. The molecule has 0 fully saturated rings. The summed E-state index contributed by atoms with van der Waals surface area (Å²) in [4.78, 5) is 1.01. The zero-order valence-corrected chi connectivity index (χ0v) is 12.6. The number of nitrogens with zero attached hydrogens (tertiary/aromatic N) is 2. The molecule has 4 nitrogen and oxygen atoms in total. The van der Waals surface area contributed by atoms with Crippen LogP contribution in [0, 0.1) is 5.82 Å². The third kappa shape index (κ3) is 2.96. The predicted molar refractivity (Wildman–Crippen MR) is 77.8 cm³/mol. The molecule has 6 heteroatoms. The normalized spacial score (nSPS) is 12.4. The molecule has 1 aromatic heterocycles. The number of hydrogen-bond acceptors (Lipinski definition) is 5. The zero-order chi connectivity index (χ0) is 14.5. The fourth-order valence-corrected chi connectivity index (χ4v) is 2.99. The maximum atomic E-state index is 13.6. The van der Waals surface area contributed by atoms with E-state index in [-0.39, 0.29) is 11.9 Å². The van der Waals surface area contributed by atoms with Crippen LogP contribution in [0.3, 0.4) is 0 Å². The van der Waals surface area contributed by atoms with Gasteiger partial charge in [0.1, 0.15) is 11.6 Å². The van der Waals surface area contributed by atoms with E-state index < -0.39 is 0 Å². The van der Waals surface area contributed by atoms with Gasteiger partial charge in [-0.25, -0.2) is 4.39 Å². The van der Waals surface area contributed by atoms with Crippen LogP contribution in [0.15, 0.2) is 18.2 Å². The molecule has 0 bridgehead atoms. The lowest BCUT2D eigenvalue weighted by atomic mass is 10.0. The third-order valence-corrected chi connectivity index (χ3v) is 3.92. The van der Waals surface area contributed by atoms with Crippen molar-refractivity contribution in [1.29, 1.82) is 0 Å². The summed E-state index contributed by atoms with van der Waals surface area (Å²) in [5.74, 6) is 0.382. The SMILES string of the molecule is CCNC(c1cc(F)ccc1OC)c1snnc1CC. The summed E-state index contributed by atoms with van der Waals surface area (Å²) in [6.07, 6.45) is 0.797. The van der Waals surface area contributed by atoms with Crippen molar-refractivity contribution in [1.82, 2.24) is 14.9 Å². The number of aromatic nitrogens is 2. The third-order valence-electron chi connectivity index (χ3n) is 3.09. The second-order valence-electron chi connectivity index (χ2n) is 4.31. The van der Waals surface area contributed by atoms with Gasteiger partial charge in [-0.15, -0.1) is 5.10 Å². The highest BCUT2D eigenvalue weighted by molar-refractivity contribution is 7.05. The predicted octanol–water partition coefficient (Wildman–Crippen LogP) is 2.95. The zero-order valence-electron chi connectivity index (χ0n) is 11.8. The van der Waals surface area contributed by atoms with Gasteiger partial charge in [-0.2, -0.15) is 0 Å². The van der Waals surface area contributed by atoms with Crippen LogP contribution in [0.2, 0.25) is 0 Å². The lowest BCUT2D eigenvalue weighted by Gasteiger charge is -2.20. The Balaban J connectivity index is 2.50. The minimum atomic E-state index is -0.278. The van der Waals surface area contributed by atoms with E-state index in [4.69, 9.17) is 4.74 Å². The van der Waals surface area contributed by atoms with E-state index in [0.717, 1.165) is 29.1 Å². The number of halogens is 1. The standard InChI is InChI=1S/C14H18FN3OS/c1-4-11-14(20-18-17-11)13(16-5-2)10-8-9(15)6-7-12(10)19-3/h6-8,13,16H,4-5H2,1-3H3. The van der Waals surface area contributed by atoms with Gasteiger partial charge < -0.3 is 10.1 Å². The number of aryl methyl sites for hydroxylation is 1. The highest BCUT2D eigenvalue weighted by Gasteiger charge is 2.23. The minimum absolute atomic E-state index is 0.152. The number of methoxy groups -OCH3 is 1. The van der Waals surface area contributed by atoms with Gasteiger partial charge >= 0.3 is 0 Å². The monoisotopic (exact) mass is 295 g/mol. The van der Waals surface area contributed by atoms with Crippen molar-refractivity contribution in [2.24, 2.45) is 0 Å². The molecule has 1 aromatic carbocycles. The highest BCUT2D eigenvalue weighted by Crippen LogP contribution is 2.33. The Morgan fingerprint density at radius 3 is 2.85 bits per heavy atom. The van der Waals surface area contributed by atoms with Crippen molar-refractivity contribution in [3.8, 4) is 5.75 Å². The molecule has 1 unspecified atom stereocenters. The number of hydrogen-bond donors (Lipinski definition) is 1. The summed E-state index contributed by atoms with van der Waals surface area (Å²) in [7, 11) is 1.59. The molecular weight excluding hydrogens is 277 g/mol. The van der Waals surface area contributed by atoms with Crippen molar-refractivity contribution < 1.29 is 9.13 Å². The quantitative estimate of drug-likeness (QED) is 0.890. The van der Waals surface area contributed by atoms with Crippen molar-refractivity contribution >= 4 is 11.5 Å². The number of ether oxygens (including phenoxy) is 1. The minimum Gasteiger partial charge on any atom is -0.496 e. The Hall–Kier alpha value is -1.53. The Morgan fingerprint density at radius 2 is 2.20 bits per heavy atom. The Labute approximate surface area is 122 Å². The topological polar surface area (TPSA) is 47.0 Å². The van der Waals surface area contributed by atoms with E-state index in [9.17, 15) is 4.39 Å². The highest BCUT2D eigenvalue weighted by atomic mass is 32.1. The second kappa shape index (κ2) is 6.76. The van der Waals surface area contributed by atoms with Gasteiger partial charge in [-0.1, -0.05) is 18.3 Å². The van der Waals surface area contributed by atoms with Gasteiger partial charge in [0.2, 0.25) is 0 Å². The summed E-state index contributed by atoms with van der Waals surface area (Å²) in [6, 6.07) is 4.40. The first-order valence-corrected chi connectivity index (χ1v) is 7.36. The smallest absolute Gasteiger partial charge is 0.124 e. The second-order valence-corrected chi connectivity index (χ2v) is 5.10. The van der Waals surface area contributed by atoms with E-state index in [1.165, 1.54) is 23.7 Å². The summed E-state index contributed by atoms with van der Waals surface area (Å²) in [6.45, 7) is 4.80. The molecule has 0 aliphatic rings. The van der Waals surface area contributed by atoms with Crippen molar-refractivity contribution in [2.75, 3.05) is 13.7 Å². The first kappa shape index (κ1) is 14.9. The van der Waals surface area contributed by atoms with Crippen LogP contribution in [0.4, 0.5) is 4.39 Å². The van der Waals surface area contributed by atoms with E-state index in [0.29, 0.717) is 5.75 Å². The van der Waals surface area contributed by atoms with Crippen molar-refractivity contribution in [2.45, 2.75) is 26.3 Å². The molecule has 0 spiro atoms. The van der Waals surface area contributed by atoms with Crippen LogP contribution >= 0.6 is 11.5 Å². The maximum Gasteiger partial charge on any atom is 0.124 e. The lowest BCUT2D eigenvalue weighted by Crippen LogP contribution is -2.23. The van der Waals surface area contributed by atoms with Gasteiger partial charge in [0, 0.05) is 5.56 Å². The van der Waals surface area contributed by atoms with Crippen molar-refractivity contribution in [3.05, 3.63) is 40.2 Å². The molecule has 0 aliphatic heterocycles. The molecule has 1 N–H and O–H groups in total. The van der Waals surface area contributed by atoms with Crippen LogP contribution in [0.25, 0.3) is 0 Å². The van der Waals surface area contributed by atoms with Crippen LogP contribution in [0.1, 0.15) is 36.0 Å². The van der Waals surface area contributed by atoms with E-state index in [2.05, 4.69) is 14.9 Å². The summed E-state index contributed by atoms with van der Waals surface area (Å²) in [5.41, 5.74) is 1.71. The molecule has 0 amide bonds. The molecule has 0 saturated carbocycles. The Kier molecular flexibility index (Phi) is 5.03. The molecule has 2 aromatic rings. The number of benzene rings is 1. The lowest BCUT2D eigenvalue weighted by molar-refractivity contribution is 0.403. The molecule has 108 valence electrons. The van der Waals surface area contributed by atoms with E-state index >= 15 is 0 Å². The maximum absolute atomic E-state index is 13.6. The molecule has 0 aliphatic carbocycles. The van der Waals surface area contributed by atoms with E-state index in [1.807, 2.05) is 13.8 Å². The van der Waals surface area contributed by atoms with Gasteiger partial charge in [0.05, 0.1) is 23.7 Å². The van der Waals surface area contributed by atoms with Gasteiger partial charge in [-0.3, -0.25) is 0 Å². The Bertz CT molecular complexity index is 573. The summed E-state index contributed by atoms with van der Waals surface area (Å²) in [5, 5.41) is 7.50. The molecular formula is C14H18FN3OS. The van der Waals surface area contributed by atoms with E-state index in [1.54, 1.807) is 13.2 Å². The number of nitrogens with one attached hydrogen (secondary N) is 1. The average Bonchev–Trinajstić information content (AvgIpc) is 2.93. The fourth-order valence-electron chi connectivity index (χ4n) is 2.16. The molecule has 1 atom stereocenters. The summed E-state index contributed by atoms with van der Waals surface area (Å²) >= 11 is 1.34. The largest absolute Gasteiger partial charge is 0.496 e. The van der Waals surface area contributed by atoms with Crippen LogP contribution in [0.5, 0.6) is 5.75 Å². The van der Waals surface area contributed by atoms with Gasteiger partial charge in [0.15, 0.2) is 0 Å². The molecule has 2 rings (SSSR count). The van der Waals surface area contributed by atoms with Crippen LogP contribution in [-0.4, -0.2) is 23.2 Å². The van der Waals surface area contributed by atoms with Gasteiger partial charge in [-0.05, 0) is 42.7 Å². The molecule has 1 heterocycles.